The number of imidazole rings is 1. The Morgan fingerprint density at radius 1 is 1.38 bits per heavy atom. The molecule has 5 heteroatoms. The number of ether oxygens (including phenoxy) is 1. The van der Waals surface area contributed by atoms with Gasteiger partial charge in [0, 0.05) is 25.9 Å². The monoisotopic (exact) mass is 285 g/mol. The molecule has 1 N–H and O–H groups in total. The van der Waals surface area contributed by atoms with E-state index in [0.29, 0.717) is 13.2 Å². The molecule has 0 spiro atoms. The van der Waals surface area contributed by atoms with E-state index < -0.39 is 0 Å². The van der Waals surface area contributed by atoms with Gasteiger partial charge in [0.25, 0.3) is 0 Å². The van der Waals surface area contributed by atoms with Crippen molar-refractivity contribution in [3.05, 3.63) is 60.2 Å². The van der Waals surface area contributed by atoms with Crippen LogP contribution < -0.4 is 5.32 Å². The third kappa shape index (κ3) is 4.89. The average molecular weight is 285 g/mol. The van der Waals surface area contributed by atoms with Crippen molar-refractivity contribution >= 4 is 12.0 Å². The van der Waals surface area contributed by atoms with E-state index in [0.717, 1.165) is 17.8 Å². The number of aromatic nitrogens is 2. The smallest absolute Gasteiger partial charge is 0.244 e. The van der Waals surface area contributed by atoms with Crippen molar-refractivity contribution in [3.8, 4) is 0 Å². The first-order valence-electron chi connectivity index (χ1n) is 6.78. The minimum atomic E-state index is -0.127. The number of carbonyl (C=O) groups is 1. The predicted octanol–water partition coefficient (Wildman–Crippen LogP) is 1.86. The molecular formula is C16H19N3O2. The van der Waals surface area contributed by atoms with Crippen molar-refractivity contribution in [1.29, 1.82) is 0 Å². The molecule has 0 aliphatic heterocycles. The lowest BCUT2D eigenvalue weighted by atomic mass is 10.2. The summed E-state index contributed by atoms with van der Waals surface area (Å²) in [5, 5.41) is 2.84. The van der Waals surface area contributed by atoms with E-state index in [1.165, 1.54) is 6.08 Å². The summed E-state index contributed by atoms with van der Waals surface area (Å²) in [7, 11) is 1.66. The summed E-state index contributed by atoms with van der Waals surface area (Å²) in [5.74, 6) is -0.127. The first kappa shape index (κ1) is 15.0. The summed E-state index contributed by atoms with van der Waals surface area (Å²) in [6, 6.07) is 9.71. The van der Waals surface area contributed by atoms with E-state index in [-0.39, 0.29) is 5.91 Å². The number of methoxy groups -OCH3 is 1. The summed E-state index contributed by atoms with van der Waals surface area (Å²) < 4.78 is 7.00. The molecule has 0 aliphatic rings. The normalized spacial score (nSPS) is 10.9. The topological polar surface area (TPSA) is 56.1 Å². The number of rotatable bonds is 7. The third-order valence-electron chi connectivity index (χ3n) is 3.01. The van der Waals surface area contributed by atoms with Gasteiger partial charge in [-0.15, -0.1) is 0 Å². The lowest BCUT2D eigenvalue weighted by Crippen LogP contribution is -2.22. The van der Waals surface area contributed by atoms with Gasteiger partial charge in [0.1, 0.15) is 0 Å². The lowest BCUT2D eigenvalue weighted by Gasteiger charge is -2.07. The fourth-order valence-corrected chi connectivity index (χ4v) is 1.86. The van der Waals surface area contributed by atoms with Crippen LogP contribution in [0.4, 0.5) is 0 Å². The van der Waals surface area contributed by atoms with Crippen molar-refractivity contribution in [2.75, 3.05) is 13.7 Å². The highest BCUT2D eigenvalue weighted by Crippen LogP contribution is 2.01. The van der Waals surface area contributed by atoms with Crippen LogP contribution >= 0.6 is 0 Å². The zero-order chi connectivity index (χ0) is 14.9. The molecule has 0 atom stereocenters. The van der Waals surface area contributed by atoms with Gasteiger partial charge >= 0.3 is 0 Å². The van der Waals surface area contributed by atoms with Gasteiger partial charge in [0.05, 0.1) is 25.2 Å². The average Bonchev–Trinajstić information content (AvgIpc) is 2.97. The maximum Gasteiger partial charge on any atom is 0.244 e. The second-order valence-corrected chi connectivity index (χ2v) is 4.53. The van der Waals surface area contributed by atoms with Gasteiger partial charge in [-0.25, -0.2) is 4.98 Å². The van der Waals surface area contributed by atoms with Crippen molar-refractivity contribution in [1.82, 2.24) is 14.9 Å². The van der Waals surface area contributed by atoms with Gasteiger partial charge in [-0.2, -0.15) is 0 Å². The molecule has 0 bridgehead atoms. The molecule has 0 fully saturated rings. The summed E-state index contributed by atoms with van der Waals surface area (Å²) in [5.41, 5.74) is 1.95. The second-order valence-electron chi connectivity index (χ2n) is 4.53. The number of carbonyl (C=O) groups excluding carboxylic acids is 1. The molecule has 1 aromatic heterocycles. The minimum absolute atomic E-state index is 0.127. The van der Waals surface area contributed by atoms with E-state index in [1.807, 2.05) is 34.9 Å². The Morgan fingerprint density at radius 3 is 2.95 bits per heavy atom. The Bertz CT molecular complexity index is 591. The quantitative estimate of drug-likeness (QED) is 0.790. The first-order valence-corrected chi connectivity index (χ1v) is 6.78. The van der Waals surface area contributed by atoms with Crippen molar-refractivity contribution in [2.45, 2.75) is 13.1 Å². The summed E-state index contributed by atoms with van der Waals surface area (Å²) in [4.78, 5) is 15.9. The number of nitrogens with zero attached hydrogens (tertiary/aromatic N) is 2. The van der Waals surface area contributed by atoms with Gasteiger partial charge in [0.15, 0.2) is 0 Å². The van der Waals surface area contributed by atoms with Crippen LogP contribution in [0, 0.1) is 0 Å². The fraction of sp³-hybridized carbons (Fsp3) is 0.250. The molecule has 0 radical (unpaired) electrons. The van der Waals surface area contributed by atoms with E-state index in [4.69, 9.17) is 4.74 Å². The Balaban J connectivity index is 1.84. The van der Waals surface area contributed by atoms with Crippen LogP contribution in [0.15, 0.2) is 48.9 Å². The predicted molar refractivity (Wildman–Crippen MR) is 81.4 cm³/mol. The molecule has 110 valence electrons. The molecule has 0 saturated heterocycles. The van der Waals surface area contributed by atoms with Crippen molar-refractivity contribution in [2.24, 2.45) is 0 Å². The Hall–Kier alpha value is -2.40. The maximum absolute atomic E-state index is 11.8. The van der Waals surface area contributed by atoms with Crippen molar-refractivity contribution < 1.29 is 9.53 Å². The van der Waals surface area contributed by atoms with Gasteiger partial charge in [-0.3, -0.25) is 4.79 Å². The molecule has 1 aromatic carbocycles. The summed E-state index contributed by atoms with van der Waals surface area (Å²) in [6.45, 7) is 1.79. The molecule has 21 heavy (non-hydrogen) atoms. The molecule has 0 aliphatic carbocycles. The molecular weight excluding hydrogens is 266 g/mol. The van der Waals surface area contributed by atoms with E-state index in [1.54, 1.807) is 25.7 Å². The van der Waals surface area contributed by atoms with Crippen molar-refractivity contribution in [3.63, 3.8) is 0 Å². The number of hydrogen-bond donors (Lipinski definition) is 1. The van der Waals surface area contributed by atoms with Crippen LogP contribution in [-0.4, -0.2) is 29.2 Å². The van der Waals surface area contributed by atoms with E-state index in [2.05, 4.69) is 10.3 Å². The summed E-state index contributed by atoms with van der Waals surface area (Å²) in [6.07, 6.45) is 6.81. The Morgan fingerprint density at radius 2 is 2.19 bits per heavy atom. The fourth-order valence-electron chi connectivity index (χ4n) is 1.86. The number of benzene rings is 1. The van der Waals surface area contributed by atoms with Crippen LogP contribution in [0.2, 0.25) is 0 Å². The van der Waals surface area contributed by atoms with Gasteiger partial charge in [0.2, 0.25) is 5.91 Å². The minimum Gasteiger partial charge on any atom is -0.383 e. The number of nitrogens with one attached hydrogen (secondary N) is 1. The zero-order valence-corrected chi connectivity index (χ0v) is 12.0. The molecule has 2 rings (SSSR count). The molecule has 0 unspecified atom stereocenters. The molecule has 2 aromatic rings. The first-order chi connectivity index (χ1) is 10.3. The van der Waals surface area contributed by atoms with Crippen LogP contribution in [0.25, 0.3) is 6.08 Å². The maximum atomic E-state index is 11.8. The van der Waals surface area contributed by atoms with Crippen LogP contribution in [-0.2, 0) is 22.6 Å². The van der Waals surface area contributed by atoms with Gasteiger partial charge < -0.3 is 14.6 Å². The zero-order valence-electron chi connectivity index (χ0n) is 12.0. The summed E-state index contributed by atoms with van der Waals surface area (Å²) >= 11 is 0. The van der Waals surface area contributed by atoms with E-state index in [9.17, 15) is 4.79 Å². The number of hydrogen-bond acceptors (Lipinski definition) is 3. The lowest BCUT2D eigenvalue weighted by molar-refractivity contribution is -0.116. The SMILES string of the molecule is COCCn1cncc1CNC(=O)C=Cc1ccccc1. The highest BCUT2D eigenvalue weighted by atomic mass is 16.5. The molecule has 0 saturated carbocycles. The van der Waals surface area contributed by atoms with Crippen LogP contribution in [0.5, 0.6) is 0 Å². The van der Waals surface area contributed by atoms with Crippen LogP contribution in [0.1, 0.15) is 11.3 Å². The number of amides is 1. The largest absolute Gasteiger partial charge is 0.383 e. The highest BCUT2D eigenvalue weighted by molar-refractivity contribution is 5.91. The molecule has 1 heterocycles. The third-order valence-corrected chi connectivity index (χ3v) is 3.01. The van der Waals surface area contributed by atoms with Gasteiger partial charge in [-0.05, 0) is 11.6 Å². The Labute approximate surface area is 124 Å². The highest BCUT2D eigenvalue weighted by Gasteiger charge is 2.03. The molecule has 5 nitrogen and oxygen atoms in total. The Kier molecular flexibility index (Phi) is 5.72. The van der Waals surface area contributed by atoms with Crippen LogP contribution in [0.3, 0.4) is 0 Å². The standard InChI is InChI=1S/C16H19N3O2/c1-21-10-9-19-13-17-11-15(19)12-18-16(20)8-7-14-5-3-2-4-6-14/h2-8,11,13H,9-10,12H2,1H3,(H,18,20). The van der Waals surface area contributed by atoms with Gasteiger partial charge in [-0.1, -0.05) is 30.3 Å². The second kappa shape index (κ2) is 8.01. The van der Waals surface area contributed by atoms with E-state index >= 15 is 0 Å². The molecule has 1 amide bonds.